The molecule has 23 heavy (non-hydrogen) atoms. The summed E-state index contributed by atoms with van der Waals surface area (Å²) in [5.74, 6) is 0. The molecule has 0 fully saturated rings. The van der Waals surface area contributed by atoms with E-state index in [0.29, 0.717) is 0 Å². The second-order valence-electron chi connectivity index (χ2n) is 5.43. The van der Waals surface area contributed by atoms with Gasteiger partial charge in [0.2, 0.25) is 0 Å². The van der Waals surface area contributed by atoms with Crippen molar-refractivity contribution in [1.82, 2.24) is 4.98 Å². The van der Waals surface area contributed by atoms with Gasteiger partial charge < -0.3 is 0 Å². The zero-order chi connectivity index (χ0) is 15.6. The Morgan fingerprint density at radius 1 is 0.652 bits per heavy atom. The normalized spacial score (nSPS) is 11.5. The van der Waals surface area contributed by atoms with Gasteiger partial charge in [-0.05, 0) is 34.0 Å². The van der Waals surface area contributed by atoms with E-state index in [9.17, 15) is 0 Å². The number of aromatic nitrogens is 1. The Morgan fingerprint density at radius 2 is 1.17 bits per heavy atom. The number of fused-ring (bicyclic) bond motifs is 2. The summed E-state index contributed by atoms with van der Waals surface area (Å²) >= 11 is 6.63. The topological polar surface area (TPSA) is 12.9 Å². The fourth-order valence-electron chi connectivity index (χ4n) is 2.94. The minimum Gasteiger partial charge on any atom is -0.265 e. The Balaban J connectivity index is 2.03. The van der Waals surface area contributed by atoms with Gasteiger partial charge in [0.05, 0.1) is 5.02 Å². The number of rotatable bonds is 2. The van der Waals surface area contributed by atoms with Crippen molar-refractivity contribution in [3.05, 3.63) is 89.2 Å². The van der Waals surface area contributed by atoms with Gasteiger partial charge in [-0.1, -0.05) is 72.3 Å². The van der Waals surface area contributed by atoms with Gasteiger partial charge in [-0.2, -0.15) is 0 Å². The molecule has 0 bridgehead atoms. The van der Waals surface area contributed by atoms with Gasteiger partial charge in [0.25, 0.3) is 0 Å². The molecule has 3 aromatic carbocycles. The van der Waals surface area contributed by atoms with Gasteiger partial charge in [0, 0.05) is 23.2 Å². The van der Waals surface area contributed by atoms with E-state index >= 15 is 0 Å². The second-order valence-corrected chi connectivity index (χ2v) is 5.81. The monoisotopic (exact) mass is 315 g/mol. The van der Waals surface area contributed by atoms with Gasteiger partial charge in [-0.15, -0.1) is 0 Å². The Morgan fingerprint density at radius 3 is 1.74 bits per heavy atom. The molecule has 2 heteroatoms. The van der Waals surface area contributed by atoms with E-state index in [2.05, 4.69) is 53.5 Å². The average molecular weight is 316 g/mol. The molecule has 0 aliphatic rings. The summed E-state index contributed by atoms with van der Waals surface area (Å²) in [4.78, 5) is 4.06. The molecule has 1 nitrogen and oxygen atoms in total. The molecule has 0 aliphatic heterocycles. The number of halogens is 1. The third kappa shape index (κ3) is 2.49. The molecule has 0 saturated heterocycles. The maximum atomic E-state index is 6.63. The largest absolute Gasteiger partial charge is 0.265 e. The zero-order valence-electron chi connectivity index (χ0n) is 12.4. The smallest absolute Gasteiger partial charge is 0.0563 e. The molecule has 0 radical (unpaired) electrons. The van der Waals surface area contributed by atoms with Crippen LogP contribution in [0.2, 0.25) is 5.02 Å². The third-order valence-corrected chi connectivity index (χ3v) is 4.46. The molecule has 0 atom stereocenters. The van der Waals surface area contributed by atoms with Gasteiger partial charge in [0.1, 0.15) is 0 Å². The van der Waals surface area contributed by atoms with E-state index in [1.54, 1.807) is 12.4 Å². The predicted molar refractivity (Wildman–Crippen MR) is 99.6 cm³/mol. The van der Waals surface area contributed by atoms with Gasteiger partial charge >= 0.3 is 0 Å². The SMILES string of the molecule is Clc1c2ccccc2c(C=Cc2ccncc2)c2ccccc12. The molecular formula is C21H14ClN. The van der Waals surface area contributed by atoms with Crippen molar-refractivity contribution in [2.75, 3.05) is 0 Å². The second kappa shape index (κ2) is 5.86. The molecule has 0 saturated carbocycles. The highest BCUT2D eigenvalue weighted by Gasteiger charge is 2.10. The number of nitrogens with zero attached hydrogens (tertiary/aromatic N) is 1. The minimum absolute atomic E-state index is 0.817. The summed E-state index contributed by atoms with van der Waals surface area (Å²) in [6.07, 6.45) is 7.88. The van der Waals surface area contributed by atoms with Crippen LogP contribution in [0, 0.1) is 0 Å². The van der Waals surface area contributed by atoms with E-state index in [1.807, 2.05) is 24.3 Å². The molecule has 1 aromatic heterocycles. The lowest BCUT2D eigenvalue weighted by Crippen LogP contribution is -1.85. The first-order valence-corrected chi connectivity index (χ1v) is 7.89. The van der Waals surface area contributed by atoms with Crippen LogP contribution in [0.15, 0.2) is 73.1 Å². The average Bonchev–Trinajstić information content (AvgIpc) is 2.63. The molecule has 0 spiro atoms. The Bertz CT molecular complexity index is 963. The molecule has 4 aromatic rings. The molecule has 0 N–H and O–H groups in total. The van der Waals surface area contributed by atoms with Crippen LogP contribution in [0.5, 0.6) is 0 Å². The van der Waals surface area contributed by atoms with Crippen molar-refractivity contribution in [2.45, 2.75) is 0 Å². The van der Waals surface area contributed by atoms with E-state index in [1.165, 1.54) is 16.3 Å². The highest BCUT2D eigenvalue weighted by atomic mass is 35.5. The van der Waals surface area contributed by atoms with Crippen LogP contribution in [0.3, 0.4) is 0 Å². The Labute approximate surface area is 139 Å². The molecule has 1 heterocycles. The van der Waals surface area contributed by atoms with E-state index < -0.39 is 0 Å². The quantitative estimate of drug-likeness (QED) is 0.401. The number of pyridine rings is 1. The van der Waals surface area contributed by atoms with Crippen LogP contribution < -0.4 is 0 Å². The maximum absolute atomic E-state index is 6.63. The number of hydrogen-bond donors (Lipinski definition) is 0. The third-order valence-electron chi connectivity index (χ3n) is 4.06. The lowest BCUT2D eigenvalue weighted by molar-refractivity contribution is 1.32. The van der Waals surface area contributed by atoms with Crippen molar-refractivity contribution in [1.29, 1.82) is 0 Å². The minimum atomic E-state index is 0.817. The fraction of sp³-hybridized carbons (Fsp3) is 0. The Hall–Kier alpha value is -2.64. The summed E-state index contributed by atoms with van der Waals surface area (Å²) in [7, 11) is 0. The number of hydrogen-bond acceptors (Lipinski definition) is 1. The summed E-state index contributed by atoms with van der Waals surface area (Å²) in [5.41, 5.74) is 2.32. The van der Waals surface area contributed by atoms with Crippen molar-refractivity contribution < 1.29 is 0 Å². The van der Waals surface area contributed by atoms with Crippen molar-refractivity contribution in [3.8, 4) is 0 Å². The molecule has 0 unspecified atom stereocenters. The Kier molecular flexibility index (Phi) is 3.57. The van der Waals surface area contributed by atoms with E-state index in [4.69, 9.17) is 11.6 Å². The van der Waals surface area contributed by atoms with Crippen LogP contribution in [0.4, 0.5) is 0 Å². The van der Waals surface area contributed by atoms with Crippen LogP contribution in [-0.4, -0.2) is 4.98 Å². The zero-order valence-corrected chi connectivity index (χ0v) is 13.2. The van der Waals surface area contributed by atoms with Crippen LogP contribution in [0.25, 0.3) is 33.7 Å². The van der Waals surface area contributed by atoms with Crippen LogP contribution >= 0.6 is 11.6 Å². The van der Waals surface area contributed by atoms with Crippen LogP contribution in [-0.2, 0) is 0 Å². The first kappa shape index (κ1) is 14.0. The lowest BCUT2D eigenvalue weighted by Gasteiger charge is -2.11. The summed E-state index contributed by atoms with van der Waals surface area (Å²) in [6, 6.07) is 20.6. The van der Waals surface area contributed by atoms with Crippen molar-refractivity contribution >= 4 is 45.3 Å². The van der Waals surface area contributed by atoms with Gasteiger partial charge in [0.15, 0.2) is 0 Å². The summed E-state index contributed by atoms with van der Waals surface area (Å²) < 4.78 is 0. The summed E-state index contributed by atoms with van der Waals surface area (Å²) in [6.45, 7) is 0. The first-order chi connectivity index (χ1) is 11.3. The lowest BCUT2D eigenvalue weighted by atomic mass is 9.96. The summed E-state index contributed by atoms with van der Waals surface area (Å²) in [5, 5.41) is 5.32. The standard InChI is InChI=1S/C21H14ClN/c22-21-19-7-3-1-5-16(19)18(17-6-2-4-8-20(17)21)10-9-15-11-13-23-14-12-15/h1-14H. The fourth-order valence-corrected chi connectivity index (χ4v) is 3.27. The first-order valence-electron chi connectivity index (χ1n) is 7.51. The highest BCUT2D eigenvalue weighted by Crippen LogP contribution is 2.36. The van der Waals surface area contributed by atoms with Crippen LogP contribution in [0.1, 0.15) is 11.1 Å². The number of benzene rings is 3. The van der Waals surface area contributed by atoms with Gasteiger partial charge in [-0.25, -0.2) is 0 Å². The van der Waals surface area contributed by atoms with Gasteiger partial charge in [-0.3, -0.25) is 4.98 Å². The molecule has 0 aliphatic carbocycles. The molecule has 110 valence electrons. The highest BCUT2D eigenvalue weighted by molar-refractivity contribution is 6.41. The molecule has 4 rings (SSSR count). The van der Waals surface area contributed by atoms with E-state index in [-0.39, 0.29) is 0 Å². The maximum Gasteiger partial charge on any atom is 0.0563 e. The predicted octanol–water partition coefficient (Wildman–Crippen LogP) is 6.21. The van der Waals surface area contributed by atoms with E-state index in [0.717, 1.165) is 21.4 Å². The molecular weight excluding hydrogens is 302 g/mol. The molecule has 0 amide bonds. The van der Waals surface area contributed by atoms with Crippen molar-refractivity contribution in [2.24, 2.45) is 0 Å². The van der Waals surface area contributed by atoms with Crippen molar-refractivity contribution in [3.63, 3.8) is 0 Å².